The molecule has 3 N–H and O–H groups in total. The molecule has 2 aromatic carbocycles. The van der Waals surface area contributed by atoms with Crippen LogP contribution in [0, 0.1) is 0 Å². The number of benzene rings is 2. The highest BCUT2D eigenvalue weighted by atomic mass is 32.2. The van der Waals surface area contributed by atoms with Crippen molar-refractivity contribution in [1.29, 1.82) is 0 Å². The van der Waals surface area contributed by atoms with Crippen LogP contribution in [-0.4, -0.2) is 35.1 Å². The van der Waals surface area contributed by atoms with E-state index < -0.39 is 0 Å². The number of imidazole rings is 1. The molecule has 1 atom stereocenters. The van der Waals surface area contributed by atoms with E-state index in [4.69, 9.17) is 4.74 Å². The summed E-state index contributed by atoms with van der Waals surface area (Å²) in [5.41, 5.74) is 2.54. The summed E-state index contributed by atoms with van der Waals surface area (Å²) < 4.78 is 5.18. The fourth-order valence-electron chi connectivity index (χ4n) is 2.68. The second kappa shape index (κ2) is 8.62. The molecule has 1 heterocycles. The maximum atomic E-state index is 12.5. The molecule has 3 aromatic rings. The first kappa shape index (κ1) is 18.1. The van der Waals surface area contributed by atoms with Crippen LogP contribution < -0.4 is 15.4 Å². The molecule has 7 heteroatoms. The topological polar surface area (TPSA) is 79.0 Å². The number of ether oxygens (including phenoxy) is 1. The molecule has 0 aliphatic rings. The first-order valence-corrected chi connectivity index (χ1v) is 9.74. The van der Waals surface area contributed by atoms with Gasteiger partial charge in [0.1, 0.15) is 11.6 Å². The lowest BCUT2D eigenvalue weighted by molar-refractivity contribution is 0.248. The molecule has 136 valence electrons. The minimum Gasteiger partial charge on any atom is -0.497 e. The molecule has 1 unspecified atom stereocenters. The molecule has 0 radical (unpaired) electrons. The Bertz CT molecular complexity index is 848. The summed E-state index contributed by atoms with van der Waals surface area (Å²) >= 11 is 1.74. The Kier molecular flexibility index (Phi) is 6.01. The number of urea groups is 1. The number of anilines is 1. The maximum Gasteiger partial charge on any atom is 0.319 e. The SMILES string of the molecule is COc1cccc(NC(=O)NC(CCSC)c2nc3ccccc3[nH]2)c1. The molecule has 0 aliphatic heterocycles. The molecule has 0 bridgehead atoms. The van der Waals surface area contributed by atoms with Gasteiger partial charge >= 0.3 is 6.03 Å². The lowest BCUT2D eigenvalue weighted by Gasteiger charge is -2.17. The van der Waals surface area contributed by atoms with Crippen molar-refractivity contribution in [2.24, 2.45) is 0 Å². The monoisotopic (exact) mass is 370 g/mol. The van der Waals surface area contributed by atoms with Gasteiger partial charge in [-0.3, -0.25) is 0 Å². The summed E-state index contributed by atoms with van der Waals surface area (Å²) in [4.78, 5) is 20.4. The number of amides is 2. The molecule has 6 nitrogen and oxygen atoms in total. The molecular formula is C19H22N4O2S. The number of thioether (sulfide) groups is 1. The van der Waals surface area contributed by atoms with Crippen molar-refractivity contribution in [3.05, 3.63) is 54.4 Å². The van der Waals surface area contributed by atoms with Crippen molar-refractivity contribution >= 4 is 34.5 Å². The van der Waals surface area contributed by atoms with Gasteiger partial charge in [-0.1, -0.05) is 18.2 Å². The fourth-order valence-corrected chi connectivity index (χ4v) is 3.15. The van der Waals surface area contributed by atoms with Crippen LogP contribution in [0.3, 0.4) is 0 Å². The zero-order valence-electron chi connectivity index (χ0n) is 14.8. The summed E-state index contributed by atoms with van der Waals surface area (Å²) in [6.07, 6.45) is 2.83. The van der Waals surface area contributed by atoms with Crippen LogP contribution in [0.5, 0.6) is 5.75 Å². The number of fused-ring (bicyclic) bond motifs is 1. The molecule has 3 rings (SSSR count). The lowest BCUT2D eigenvalue weighted by atomic mass is 10.2. The van der Waals surface area contributed by atoms with Gasteiger partial charge in [-0.15, -0.1) is 0 Å². The van der Waals surface area contributed by atoms with Crippen molar-refractivity contribution in [3.63, 3.8) is 0 Å². The smallest absolute Gasteiger partial charge is 0.319 e. The summed E-state index contributed by atoms with van der Waals surface area (Å²) in [7, 11) is 1.60. The molecule has 26 heavy (non-hydrogen) atoms. The van der Waals surface area contributed by atoms with Crippen LogP contribution in [0.2, 0.25) is 0 Å². The van der Waals surface area contributed by atoms with Gasteiger partial charge in [-0.2, -0.15) is 11.8 Å². The minimum absolute atomic E-state index is 0.194. The third kappa shape index (κ3) is 4.49. The number of hydrogen-bond donors (Lipinski definition) is 3. The summed E-state index contributed by atoms with van der Waals surface area (Å²) in [5.74, 6) is 2.38. The van der Waals surface area contributed by atoms with Gasteiger partial charge in [0.2, 0.25) is 0 Å². The Morgan fingerprint density at radius 3 is 2.88 bits per heavy atom. The number of H-pyrrole nitrogens is 1. The normalized spacial score (nSPS) is 11.9. The van der Waals surface area contributed by atoms with Crippen LogP contribution >= 0.6 is 11.8 Å². The number of hydrogen-bond acceptors (Lipinski definition) is 4. The highest BCUT2D eigenvalue weighted by Crippen LogP contribution is 2.21. The maximum absolute atomic E-state index is 12.5. The van der Waals surface area contributed by atoms with Crippen molar-refractivity contribution in [3.8, 4) is 5.75 Å². The number of aromatic amines is 1. The Morgan fingerprint density at radius 2 is 2.12 bits per heavy atom. The van der Waals surface area contributed by atoms with Gasteiger partial charge < -0.3 is 20.4 Å². The highest BCUT2D eigenvalue weighted by molar-refractivity contribution is 7.98. The first-order valence-electron chi connectivity index (χ1n) is 8.34. The average molecular weight is 370 g/mol. The van der Waals surface area contributed by atoms with Crippen LogP contribution in [0.4, 0.5) is 10.5 Å². The molecular weight excluding hydrogens is 348 g/mol. The van der Waals surface area contributed by atoms with E-state index in [0.717, 1.165) is 29.0 Å². The van der Waals surface area contributed by atoms with E-state index in [1.807, 2.05) is 48.7 Å². The van der Waals surface area contributed by atoms with Gasteiger partial charge in [-0.25, -0.2) is 9.78 Å². The molecule has 0 saturated heterocycles. The van der Waals surface area contributed by atoms with E-state index in [1.165, 1.54) is 0 Å². The molecule has 0 spiro atoms. The number of nitrogens with one attached hydrogen (secondary N) is 3. The molecule has 0 fully saturated rings. The molecule has 0 saturated carbocycles. The summed E-state index contributed by atoms with van der Waals surface area (Å²) in [5, 5.41) is 5.87. The van der Waals surface area contributed by atoms with E-state index in [9.17, 15) is 4.79 Å². The van der Waals surface area contributed by atoms with Crippen LogP contribution in [0.25, 0.3) is 11.0 Å². The van der Waals surface area contributed by atoms with Gasteiger partial charge in [0.05, 0.1) is 24.2 Å². The Balaban J connectivity index is 1.73. The average Bonchev–Trinajstić information content (AvgIpc) is 3.09. The molecule has 1 aromatic heterocycles. The first-order chi connectivity index (χ1) is 12.7. The number of carbonyl (C=O) groups excluding carboxylic acids is 1. The third-order valence-corrected chi connectivity index (χ3v) is 4.63. The van der Waals surface area contributed by atoms with Crippen LogP contribution in [-0.2, 0) is 0 Å². The molecule has 2 amide bonds. The predicted molar refractivity (Wildman–Crippen MR) is 107 cm³/mol. The van der Waals surface area contributed by atoms with Crippen LogP contribution in [0.1, 0.15) is 18.3 Å². The van der Waals surface area contributed by atoms with Crippen molar-refractivity contribution in [2.45, 2.75) is 12.5 Å². The Labute approximate surface area is 156 Å². The Morgan fingerprint density at radius 1 is 1.27 bits per heavy atom. The second-order valence-corrected chi connectivity index (χ2v) is 6.79. The molecule has 0 aliphatic carbocycles. The van der Waals surface area contributed by atoms with E-state index >= 15 is 0 Å². The summed E-state index contributed by atoms with van der Waals surface area (Å²) in [6, 6.07) is 14.6. The summed E-state index contributed by atoms with van der Waals surface area (Å²) in [6.45, 7) is 0. The van der Waals surface area contributed by atoms with Gasteiger partial charge in [0.15, 0.2) is 0 Å². The number of aromatic nitrogens is 2. The zero-order valence-corrected chi connectivity index (χ0v) is 15.6. The van der Waals surface area contributed by atoms with Gasteiger partial charge in [-0.05, 0) is 42.7 Å². The standard InChI is InChI=1S/C19H22N4O2S/c1-25-14-7-5-6-13(12-14)20-19(24)23-17(10-11-26-2)18-21-15-8-3-4-9-16(15)22-18/h3-9,12,17H,10-11H2,1-2H3,(H,21,22)(H2,20,23,24). The number of rotatable bonds is 7. The number of nitrogens with zero attached hydrogens (tertiary/aromatic N) is 1. The minimum atomic E-state index is -0.273. The lowest BCUT2D eigenvalue weighted by Crippen LogP contribution is -2.33. The van der Waals surface area contributed by atoms with Crippen LogP contribution in [0.15, 0.2) is 48.5 Å². The largest absolute Gasteiger partial charge is 0.497 e. The predicted octanol–water partition coefficient (Wildman–Crippen LogP) is 4.19. The third-order valence-electron chi connectivity index (χ3n) is 3.98. The van der Waals surface area contributed by atoms with Crippen molar-refractivity contribution in [2.75, 3.05) is 24.4 Å². The van der Waals surface area contributed by atoms with Crippen molar-refractivity contribution in [1.82, 2.24) is 15.3 Å². The quantitative estimate of drug-likeness (QED) is 0.583. The number of carbonyl (C=O) groups is 1. The number of methoxy groups -OCH3 is 1. The van der Waals surface area contributed by atoms with Gasteiger partial charge in [0, 0.05) is 11.8 Å². The van der Waals surface area contributed by atoms with E-state index in [-0.39, 0.29) is 12.1 Å². The van der Waals surface area contributed by atoms with Crippen molar-refractivity contribution < 1.29 is 9.53 Å². The number of para-hydroxylation sites is 2. The van der Waals surface area contributed by atoms with Gasteiger partial charge in [0.25, 0.3) is 0 Å². The Hall–Kier alpha value is -2.67. The second-order valence-electron chi connectivity index (χ2n) is 5.80. The van der Waals surface area contributed by atoms with E-state index in [1.54, 1.807) is 24.9 Å². The van der Waals surface area contributed by atoms with E-state index in [2.05, 4.69) is 20.6 Å². The fraction of sp³-hybridized carbons (Fsp3) is 0.263. The zero-order chi connectivity index (χ0) is 18.4. The highest BCUT2D eigenvalue weighted by Gasteiger charge is 2.18. The van der Waals surface area contributed by atoms with E-state index in [0.29, 0.717) is 11.4 Å².